The first kappa shape index (κ1) is 20.3. The lowest BCUT2D eigenvalue weighted by Gasteiger charge is -2.31. The molecule has 2 aliphatic rings. The van der Waals surface area contributed by atoms with Crippen LogP contribution in [0.5, 0.6) is 0 Å². The lowest BCUT2D eigenvalue weighted by molar-refractivity contribution is -0.136. The average Bonchev–Trinajstić information content (AvgIpc) is 2.85. The van der Waals surface area contributed by atoms with Gasteiger partial charge in [0.15, 0.2) is 0 Å². The van der Waals surface area contributed by atoms with Crippen molar-refractivity contribution in [2.75, 3.05) is 39.3 Å². The zero-order valence-electron chi connectivity index (χ0n) is 17.4. The predicted molar refractivity (Wildman–Crippen MR) is 109 cm³/mol. The second-order valence-electron chi connectivity index (χ2n) is 8.43. The second-order valence-corrected chi connectivity index (χ2v) is 8.43. The van der Waals surface area contributed by atoms with Crippen LogP contribution in [0.2, 0.25) is 0 Å². The summed E-state index contributed by atoms with van der Waals surface area (Å²) in [5, 5.41) is 0. The van der Waals surface area contributed by atoms with Crippen molar-refractivity contribution in [3.63, 3.8) is 0 Å². The smallest absolute Gasteiger partial charge is 0.239 e. The molecule has 6 nitrogen and oxygen atoms in total. The molecule has 152 valence electrons. The molecular weight excluding hydrogens is 338 g/mol. The molecule has 1 aromatic heterocycles. The summed E-state index contributed by atoms with van der Waals surface area (Å²) in [5.41, 5.74) is 0. The van der Waals surface area contributed by atoms with Gasteiger partial charge in [-0.05, 0) is 46.6 Å². The fourth-order valence-electron chi connectivity index (χ4n) is 4.38. The van der Waals surface area contributed by atoms with E-state index in [9.17, 15) is 4.79 Å². The molecule has 0 radical (unpaired) electrons. The van der Waals surface area contributed by atoms with Crippen LogP contribution in [-0.4, -0.2) is 75.5 Å². The molecule has 27 heavy (non-hydrogen) atoms. The summed E-state index contributed by atoms with van der Waals surface area (Å²) in [6.07, 6.45) is 9.95. The molecule has 0 bridgehead atoms. The SMILES string of the molecule is CC(C(=O)N1CCCCCC1)N1CCCN(Cc2nccn2C(C)C)CC1. The minimum atomic E-state index is 0.000648. The van der Waals surface area contributed by atoms with Crippen LogP contribution < -0.4 is 0 Å². The maximum absolute atomic E-state index is 13.0. The summed E-state index contributed by atoms with van der Waals surface area (Å²) in [7, 11) is 0. The van der Waals surface area contributed by atoms with Gasteiger partial charge in [0.2, 0.25) is 5.91 Å². The quantitative estimate of drug-likeness (QED) is 0.794. The largest absolute Gasteiger partial charge is 0.341 e. The van der Waals surface area contributed by atoms with E-state index in [0.29, 0.717) is 11.9 Å². The minimum absolute atomic E-state index is 0.000648. The summed E-state index contributed by atoms with van der Waals surface area (Å²) in [6, 6.07) is 0.443. The van der Waals surface area contributed by atoms with Crippen LogP contribution in [0.1, 0.15) is 64.7 Å². The Morgan fingerprint density at radius 2 is 1.70 bits per heavy atom. The lowest BCUT2D eigenvalue weighted by atomic mass is 10.2. The number of imidazole rings is 1. The van der Waals surface area contributed by atoms with Gasteiger partial charge in [0, 0.05) is 51.2 Å². The molecule has 0 N–H and O–H groups in total. The number of carbonyl (C=O) groups is 1. The molecule has 0 spiro atoms. The van der Waals surface area contributed by atoms with E-state index in [1.54, 1.807) is 0 Å². The van der Waals surface area contributed by atoms with Gasteiger partial charge in [-0.25, -0.2) is 4.98 Å². The fraction of sp³-hybridized carbons (Fsp3) is 0.810. The van der Waals surface area contributed by atoms with E-state index in [2.05, 4.69) is 51.2 Å². The molecule has 0 saturated carbocycles. The van der Waals surface area contributed by atoms with Crippen molar-refractivity contribution in [2.24, 2.45) is 0 Å². The zero-order chi connectivity index (χ0) is 19.2. The summed E-state index contributed by atoms with van der Waals surface area (Å²) < 4.78 is 2.26. The van der Waals surface area contributed by atoms with E-state index in [0.717, 1.165) is 70.9 Å². The second kappa shape index (κ2) is 9.69. The van der Waals surface area contributed by atoms with E-state index >= 15 is 0 Å². The highest BCUT2D eigenvalue weighted by atomic mass is 16.2. The number of hydrogen-bond acceptors (Lipinski definition) is 4. The van der Waals surface area contributed by atoms with Crippen molar-refractivity contribution in [1.29, 1.82) is 0 Å². The molecule has 6 heteroatoms. The van der Waals surface area contributed by atoms with Gasteiger partial charge in [0.25, 0.3) is 0 Å². The Balaban J connectivity index is 1.54. The number of aromatic nitrogens is 2. The van der Waals surface area contributed by atoms with E-state index in [4.69, 9.17) is 0 Å². The van der Waals surface area contributed by atoms with E-state index < -0.39 is 0 Å². The average molecular weight is 376 g/mol. The van der Waals surface area contributed by atoms with Crippen molar-refractivity contribution < 1.29 is 4.79 Å². The summed E-state index contributed by atoms with van der Waals surface area (Å²) in [4.78, 5) is 24.5. The molecule has 0 aliphatic carbocycles. The number of amides is 1. The third kappa shape index (κ3) is 5.32. The first-order valence-corrected chi connectivity index (χ1v) is 10.8. The third-order valence-corrected chi connectivity index (χ3v) is 6.12. The molecule has 2 saturated heterocycles. The first-order chi connectivity index (χ1) is 13.1. The summed E-state index contributed by atoms with van der Waals surface area (Å²) in [6.45, 7) is 13.3. The number of rotatable bonds is 5. The van der Waals surface area contributed by atoms with Crippen molar-refractivity contribution in [3.05, 3.63) is 18.2 Å². The third-order valence-electron chi connectivity index (χ3n) is 6.12. The number of nitrogens with zero attached hydrogens (tertiary/aromatic N) is 5. The fourth-order valence-corrected chi connectivity index (χ4v) is 4.38. The monoisotopic (exact) mass is 375 g/mol. The van der Waals surface area contributed by atoms with Crippen LogP contribution in [0.25, 0.3) is 0 Å². The molecule has 1 unspecified atom stereocenters. The highest BCUT2D eigenvalue weighted by Crippen LogP contribution is 2.16. The lowest BCUT2D eigenvalue weighted by Crippen LogP contribution is -2.48. The van der Waals surface area contributed by atoms with E-state index in [-0.39, 0.29) is 6.04 Å². The van der Waals surface area contributed by atoms with Crippen LogP contribution in [0, 0.1) is 0 Å². The molecule has 3 rings (SSSR count). The topological polar surface area (TPSA) is 44.6 Å². The van der Waals surface area contributed by atoms with Crippen LogP contribution in [0.3, 0.4) is 0 Å². The van der Waals surface area contributed by atoms with Gasteiger partial charge >= 0.3 is 0 Å². The normalized spacial score (nSPS) is 21.9. The van der Waals surface area contributed by atoms with Gasteiger partial charge in [-0.1, -0.05) is 12.8 Å². The Hall–Kier alpha value is -1.40. The summed E-state index contributed by atoms with van der Waals surface area (Å²) >= 11 is 0. The zero-order valence-corrected chi connectivity index (χ0v) is 17.4. The van der Waals surface area contributed by atoms with Crippen molar-refractivity contribution in [1.82, 2.24) is 24.3 Å². The van der Waals surface area contributed by atoms with Gasteiger partial charge in [0.05, 0.1) is 12.6 Å². The van der Waals surface area contributed by atoms with Crippen LogP contribution in [-0.2, 0) is 11.3 Å². The molecule has 1 amide bonds. The number of carbonyl (C=O) groups excluding carboxylic acids is 1. The molecule has 1 aromatic rings. The maximum atomic E-state index is 13.0. The molecular formula is C21H37N5O. The Kier molecular flexibility index (Phi) is 7.30. The highest BCUT2D eigenvalue weighted by Gasteiger charge is 2.28. The molecule has 0 aromatic carbocycles. The molecule has 2 aliphatic heterocycles. The molecule has 1 atom stereocenters. The van der Waals surface area contributed by atoms with Crippen molar-refractivity contribution >= 4 is 5.91 Å². The highest BCUT2D eigenvalue weighted by molar-refractivity contribution is 5.81. The Morgan fingerprint density at radius 1 is 0.963 bits per heavy atom. The number of hydrogen-bond donors (Lipinski definition) is 0. The maximum Gasteiger partial charge on any atom is 0.239 e. The summed E-state index contributed by atoms with van der Waals surface area (Å²) in [5.74, 6) is 1.48. The van der Waals surface area contributed by atoms with Gasteiger partial charge in [-0.2, -0.15) is 0 Å². The van der Waals surface area contributed by atoms with Crippen molar-refractivity contribution in [3.8, 4) is 0 Å². The van der Waals surface area contributed by atoms with Crippen LogP contribution in [0.4, 0.5) is 0 Å². The molecule has 2 fully saturated rings. The Bertz CT molecular complexity index is 591. The minimum Gasteiger partial charge on any atom is -0.341 e. The van der Waals surface area contributed by atoms with Gasteiger partial charge in [-0.3, -0.25) is 14.6 Å². The van der Waals surface area contributed by atoms with Crippen LogP contribution >= 0.6 is 0 Å². The predicted octanol–water partition coefficient (Wildman–Crippen LogP) is 2.76. The standard InChI is InChI=1S/C21H37N5O/c1-18(2)26-14-9-22-20(26)17-23-10-8-13-24(16-15-23)19(3)21(27)25-11-6-4-5-7-12-25/h9,14,18-19H,4-8,10-13,15-17H2,1-3H3. The van der Waals surface area contributed by atoms with Crippen LogP contribution in [0.15, 0.2) is 12.4 Å². The van der Waals surface area contributed by atoms with E-state index in [1.165, 1.54) is 12.8 Å². The van der Waals surface area contributed by atoms with Gasteiger partial charge in [-0.15, -0.1) is 0 Å². The Morgan fingerprint density at radius 3 is 2.41 bits per heavy atom. The first-order valence-electron chi connectivity index (χ1n) is 10.8. The Labute approximate surface area is 164 Å². The molecule has 3 heterocycles. The van der Waals surface area contributed by atoms with E-state index in [1.807, 2.05) is 6.20 Å². The number of likely N-dealkylation sites (tertiary alicyclic amines) is 1. The van der Waals surface area contributed by atoms with Gasteiger partial charge in [0.1, 0.15) is 5.82 Å². The van der Waals surface area contributed by atoms with Gasteiger partial charge < -0.3 is 9.47 Å². The van der Waals surface area contributed by atoms with Crippen molar-refractivity contribution in [2.45, 2.75) is 71.5 Å².